The van der Waals surface area contributed by atoms with Crippen molar-refractivity contribution >= 4 is 17.6 Å². The van der Waals surface area contributed by atoms with Crippen LogP contribution in [-0.4, -0.2) is 37.2 Å². The van der Waals surface area contributed by atoms with E-state index in [1.54, 1.807) is 12.0 Å². The summed E-state index contributed by atoms with van der Waals surface area (Å²) in [6, 6.07) is 6.88. The zero-order valence-electron chi connectivity index (χ0n) is 13.5. The molecule has 2 rings (SSSR count). The molecule has 1 aliphatic heterocycles. The SMILES string of the molecule is COc1ccc(N2C[C@@H](NC(=O)NC(C)(C)C)CC2=O)cc1. The molecular formula is C16H23N3O3. The number of urea groups is 1. The molecule has 1 saturated heterocycles. The van der Waals surface area contributed by atoms with Crippen molar-refractivity contribution in [2.75, 3.05) is 18.6 Å². The van der Waals surface area contributed by atoms with Gasteiger partial charge in [-0.15, -0.1) is 0 Å². The summed E-state index contributed by atoms with van der Waals surface area (Å²) in [7, 11) is 1.60. The highest BCUT2D eigenvalue weighted by molar-refractivity contribution is 5.96. The van der Waals surface area contributed by atoms with E-state index in [4.69, 9.17) is 4.74 Å². The minimum atomic E-state index is -0.303. The average Bonchev–Trinajstić information content (AvgIpc) is 2.77. The summed E-state index contributed by atoms with van der Waals surface area (Å²) < 4.78 is 5.11. The van der Waals surface area contributed by atoms with Crippen molar-refractivity contribution in [2.45, 2.75) is 38.8 Å². The number of methoxy groups -OCH3 is 1. The molecule has 0 bridgehead atoms. The van der Waals surface area contributed by atoms with Crippen LogP contribution in [0.1, 0.15) is 27.2 Å². The number of carbonyl (C=O) groups is 2. The summed E-state index contributed by atoms with van der Waals surface area (Å²) >= 11 is 0. The number of nitrogens with one attached hydrogen (secondary N) is 2. The first-order valence-corrected chi connectivity index (χ1v) is 7.31. The third-order valence-corrected chi connectivity index (χ3v) is 3.33. The van der Waals surface area contributed by atoms with Crippen molar-refractivity contribution in [3.05, 3.63) is 24.3 Å². The van der Waals surface area contributed by atoms with Crippen LogP contribution in [0.15, 0.2) is 24.3 Å². The second-order valence-corrected chi connectivity index (χ2v) is 6.45. The van der Waals surface area contributed by atoms with Crippen molar-refractivity contribution in [3.63, 3.8) is 0 Å². The fraction of sp³-hybridized carbons (Fsp3) is 0.500. The van der Waals surface area contributed by atoms with Crippen LogP contribution in [0.25, 0.3) is 0 Å². The smallest absolute Gasteiger partial charge is 0.315 e. The Hall–Kier alpha value is -2.24. The molecular weight excluding hydrogens is 282 g/mol. The summed E-state index contributed by atoms with van der Waals surface area (Å²) in [4.78, 5) is 25.7. The topological polar surface area (TPSA) is 70.7 Å². The van der Waals surface area contributed by atoms with Gasteiger partial charge in [-0.3, -0.25) is 4.79 Å². The quantitative estimate of drug-likeness (QED) is 0.896. The molecule has 1 fully saturated rings. The van der Waals surface area contributed by atoms with Crippen LogP contribution in [0.4, 0.5) is 10.5 Å². The Labute approximate surface area is 130 Å². The van der Waals surface area contributed by atoms with Crippen LogP contribution in [0.2, 0.25) is 0 Å². The van der Waals surface area contributed by atoms with Gasteiger partial charge in [0.1, 0.15) is 5.75 Å². The van der Waals surface area contributed by atoms with Crippen molar-refractivity contribution < 1.29 is 14.3 Å². The Bertz CT molecular complexity index is 549. The Morgan fingerprint density at radius 2 is 1.91 bits per heavy atom. The first-order chi connectivity index (χ1) is 10.3. The van der Waals surface area contributed by atoms with E-state index in [1.165, 1.54) is 0 Å². The Morgan fingerprint density at radius 3 is 2.45 bits per heavy atom. The number of anilines is 1. The van der Waals surface area contributed by atoms with Gasteiger partial charge in [0.05, 0.1) is 13.2 Å². The van der Waals surface area contributed by atoms with Gasteiger partial charge in [-0.2, -0.15) is 0 Å². The van der Waals surface area contributed by atoms with E-state index in [0.717, 1.165) is 11.4 Å². The standard InChI is InChI=1S/C16H23N3O3/c1-16(2,3)18-15(21)17-11-9-14(20)19(10-11)12-5-7-13(22-4)8-6-12/h5-8,11H,9-10H2,1-4H3,(H2,17,18,21)/t11-/m0/s1. The molecule has 2 N–H and O–H groups in total. The van der Waals surface area contributed by atoms with Gasteiger partial charge in [0, 0.05) is 24.2 Å². The maximum Gasteiger partial charge on any atom is 0.315 e. The molecule has 1 atom stereocenters. The number of carbonyl (C=O) groups excluding carboxylic acids is 2. The Morgan fingerprint density at radius 1 is 1.27 bits per heavy atom. The van der Waals surface area contributed by atoms with Gasteiger partial charge < -0.3 is 20.3 Å². The lowest BCUT2D eigenvalue weighted by atomic mass is 10.1. The van der Waals surface area contributed by atoms with Crippen molar-refractivity contribution in [1.29, 1.82) is 0 Å². The van der Waals surface area contributed by atoms with Gasteiger partial charge in [-0.25, -0.2) is 4.79 Å². The monoisotopic (exact) mass is 305 g/mol. The second kappa shape index (κ2) is 6.25. The lowest BCUT2D eigenvalue weighted by Gasteiger charge is -2.23. The van der Waals surface area contributed by atoms with Gasteiger partial charge in [-0.05, 0) is 45.0 Å². The second-order valence-electron chi connectivity index (χ2n) is 6.45. The van der Waals surface area contributed by atoms with Crippen LogP contribution in [0, 0.1) is 0 Å². The predicted octanol–water partition coefficient (Wildman–Crippen LogP) is 1.90. The van der Waals surface area contributed by atoms with Crippen LogP contribution in [0.5, 0.6) is 5.75 Å². The summed E-state index contributed by atoms with van der Waals surface area (Å²) in [6.07, 6.45) is 0.309. The first kappa shape index (κ1) is 16.1. The molecule has 0 saturated carbocycles. The van der Waals surface area contributed by atoms with Crippen LogP contribution in [0.3, 0.4) is 0 Å². The minimum Gasteiger partial charge on any atom is -0.497 e. The molecule has 1 heterocycles. The molecule has 6 nitrogen and oxygen atoms in total. The van der Waals surface area contributed by atoms with E-state index in [2.05, 4.69) is 10.6 Å². The van der Waals surface area contributed by atoms with Crippen LogP contribution < -0.4 is 20.3 Å². The molecule has 0 aromatic heterocycles. The van der Waals surface area contributed by atoms with E-state index >= 15 is 0 Å². The summed E-state index contributed by atoms with van der Waals surface area (Å²) in [5.74, 6) is 0.751. The van der Waals surface area contributed by atoms with Gasteiger partial charge in [0.2, 0.25) is 5.91 Å². The lowest BCUT2D eigenvalue weighted by molar-refractivity contribution is -0.117. The van der Waals surface area contributed by atoms with Gasteiger partial charge in [-0.1, -0.05) is 0 Å². The highest BCUT2D eigenvalue weighted by atomic mass is 16.5. The molecule has 1 aromatic carbocycles. The van der Waals surface area contributed by atoms with Crippen molar-refractivity contribution in [3.8, 4) is 5.75 Å². The number of ether oxygens (including phenoxy) is 1. The van der Waals surface area contributed by atoms with Gasteiger partial charge >= 0.3 is 6.03 Å². The molecule has 0 spiro atoms. The number of hydrogen-bond acceptors (Lipinski definition) is 3. The molecule has 3 amide bonds. The molecule has 6 heteroatoms. The van der Waals surface area contributed by atoms with Crippen LogP contribution >= 0.6 is 0 Å². The number of hydrogen-bond donors (Lipinski definition) is 2. The molecule has 120 valence electrons. The van der Waals surface area contributed by atoms with Crippen molar-refractivity contribution in [1.82, 2.24) is 10.6 Å². The fourth-order valence-electron chi connectivity index (χ4n) is 2.38. The summed E-state index contributed by atoms with van der Waals surface area (Å²) in [5.41, 5.74) is 0.508. The summed E-state index contributed by atoms with van der Waals surface area (Å²) in [5, 5.41) is 5.69. The molecule has 1 aliphatic rings. The molecule has 0 aliphatic carbocycles. The molecule has 22 heavy (non-hydrogen) atoms. The maximum atomic E-state index is 12.1. The van der Waals surface area contributed by atoms with Gasteiger partial charge in [0.15, 0.2) is 0 Å². The van der Waals surface area contributed by atoms with Gasteiger partial charge in [0.25, 0.3) is 0 Å². The molecule has 1 aromatic rings. The number of amides is 3. The highest BCUT2D eigenvalue weighted by Crippen LogP contribution is 2.24. The largest absolute Gasteiger partial charge is 0.497 e. The van der Waals surface area contributed by atoms with E-state index in [0.29, 0.717) is 13.0 Å². The van der Waals surface area contributed by atoms with Crippen molar-refractivity contribution in [2.24, 2.45) is 0 Å². The number of benzene rings is 1. The van der Waals surface area contributed by atoms with Crippen LogP contribution in [-0.2, 0) is 4.79 Å². The Balaban J connectivity index is 1.97. The normalized spacial score (nSPS) is 18.3. The third-order valence-electron chi connectivity index (χ3n) is 3.33. The zero-order chi connectivity index (χ0) is 16.3. The zero-order valence-corrected chi connectivity index (χ0v) is 13.5. The maximum absolute atomic E-state index is 12.1. The number of rotatable bonds is 3. The third kappa shape index (κ3) is 4.13. The van der Waals surface area contributed by atoms with E-state index in [-0.39, 0.29) is 23.5 Å². The predicted molar refractivity (Wildman–Crippen MR) is 85.2 cm³/mol. The summed E-state index contributed by atoms with van der Waals surface area (Å²) in [6.45, 7) is 6.21. The molecule has 0 unspecified atom stereocenters. The number of nitrogens with zero attached hydrogens (tertiary/aromatic N) is 1. The minimum absolute atomic E-state index is 0.00576. The fourth-order valence-corrected chi connectivity index (χ4v) is 2.38. The highest BCUT2D eigenvalue weighted by Gasteiger charge is 2.32. The average molecular weight is 305 g/mol. The molecule has 0 radical (unpaired) electrons. The Kier molecular flexibility index (Phi) is 4.59. The van der Waals surface area contributed by atoms with E-state index < -0.39 is 0 Å². The lowest BCUT2D eigenvalue weighted by Crippen LogP contribution is -2.50. The first-order valence-electron chi connectivity index (χ1n) is 7.31. The van der Waals surface area contributed by atoms with E-state index in [1.807, 2.05) is 45.0 Å². The van der Waals surface area contributed by atoms with E-state index in [9.17, 15) is 9.59 Å².